The third kappa shape index (κ3) is 1.00. The first kappa shape index (κ1) is 3.50. The van der Waals surface area contributed by atoms with Crippen LogP contribution in [0.2, 0.25) is 0 Å². The topological polar surface area (TPSA) is 44.5 Å². The van der Waals surface area contributed by atoms with Gasteiger partial charge in [-0.05, 0) is 36.0 Å². The number of hydrogen-bond acceptors (Lipinski definition) is 3. The minimum Gasteiger partial charge on any atom is -0.454 e. The minimum absolute atomic E-state index is 0.0357. The summed E-state index contributed by atoms with van der Waals surface area (Å²) in [7, 11) is 0. The average molecular weight is 183 g/mol. The summed E-state index contributed by atoms with van der Waals surface area (Å²) in [6.45, 7) is -1.24. The molecule has 3 rings (SSSR count). The number of benzene rings is 1. The molecule has 0 amide bonds. The van der Waals surface area contributed by atoms with Crippen molar-refractivity contribution in [3.63, 3.8) is 0 Å². The van der Waals surface area contributed by atoms with E-state index in [4.69, 9.17) is 23.4 Å². The van der Waals surface area contributed by atoms with Crippen molar-refractivity contribution < 1.29 is 17.7 Å². The summed E-state index contributed by atoms with van der Waals surface area (Å²) >= 11 is 0. The number of ether oxygens (including phenoxy) is 2. The van der Waals surface area contributed by atoms with Crippen LogP contribution in [0, 0.1) is 0 Å². The van der Waals surface area contributed by atoms with Crippen molar-refractivity contribution in [2.24, 2.45) is 5.73 Å². The lowest BCUT2D eigenvalue weighted by atomic mass is 10.1. The van der Waals surface area contributed by atoms with E-state index in [0.29, 0.717) is 0 Å². The molecular formula is C10H11NO2. The molecule has 0 aromatic heterocycles. The van der Waals surface area contributed by atoms with E-state index in [1.807, 2.05) is 0 Å². The van der Waals surface area contributed by atoms with Crippen molar-refractivity contribution in [1.82, 2.24) is 0 Å². The second-order valence-corrected chi connectivity index (χ2v) is 2.84. The third-order valence-electron chi connectivity index (χ3n) is 1.97. The van der Waals surface area contributed by atoms with Gasteiger partial charge in [-0.25, -0.2) is 0 Å². The first-order valence-corrected chi connectivity index (χ1v) is 3.82. The summed E-state index contributed by atoms with van der Waals surface area (Å²) in [5.74, 6) is 0.326. The average Bonchev–Trinajstić information content (AvgIpc) is 2.68. The Morgan fingerprint density at radius 1 is 1.31 bits per heavy atom. The first-order valence-electron chi connectivity index (χ1n) is 6.90. The molecular weight excluding hydrogens is 166 g/mol. The largest absolute Gasteiger partial charge is 0.454 e. The van der Waals surface area contributed by atoms with Gasteiger partial charge < -0.3 is 15.2 Å². The Kier molecular flexibility index (Phi) is 0.643. The molecule has 0 radical (unpaired) electrons. The summed E-state index contributed by atoms with van der Waals surface area (Å²) < 4.78 is 56.8. The maximum atomic E-state index is 7.91. The summed E-state index contributed by atoms with van der Waals surface area (Å²) in [4.78, 5) is 0. The summed E-state index contributed by atoms with van der Waals surface area (Å²) in [5.41, 5.74) is 5.50. The van der Waals surface area contributed by atoms with Gasteiger partial charge in [-0.2, -0.15) is 0 Å². The van der Waals surface area contributed by atoms with E-state index in [0.717, 1.165) is 0 Å². The van der Waals surface area contributed by atoms with Crippen LogP contribution in [0.1, 0.15) is 19.4 Å². The molecule has 0 bridgehead atoms. The molecule has 0 spiro atoms. The van der Waals surface area contributed by atoms with E-state index in [2.05, 4.69) is 0 Å². The van der Waals surface area contributed by atoms with E-state index < -0.39 is 25.5 Å². The second-order valence-electron chi connectivity index (χ2n) is 2.84. The fourth-order valence-electron chi connectivity index (χ4n) is 1.40. The molecule has 0 unspecified atom stereocenters. The molecule has 0 saturated carbocycles. The highest BCUT2D eigenvalue weighted by Gasteiger charge is 2.23. The molecule has 2 aliphatic rings. The zero-order valence-electron chi connectivity index (χ0n) is 12.6. The highest BCUT2D eigenvalue weighted by atomic mass is 16.7. The molecule has 0 fully saturated rings. The van der Waals surface area contributed by atoms with Crippen molar-refractivity contribution in [3.05, 3.63) is 23.3 Å². The fourth-order valence-corrected chi connectivity index (χ4v) is 1.40. The van der Waals surface area contributed by atoms with Gasteiger partial charge in [0.2, 0.25) is 6.77 Å². The van der Waals surface area contributed by atoms with Crippen LogP contribution >= 0.6 is 0 Å². The van der Waals surface area contributed by atoms with Gasteiger partial charge >= 0.3 is 0 Å². The van der Waals surface area contributed by atoms with Gasteiger partial charge in [-0.1, -0.05) is 0 Å². The standard InChI is InChI=1S/C10H11NO2/c11-8-1-6-3-9-10(13-5-12-9)4-7(6)2-8/h3-4,8H,1-2,5,11H2/i1D2,2D2,5D,8D. The zero-order valence-corrected chi connectivity index (χ0v) is 6.63. The summed E-state index contributed by atoms with van der Waals surface area (Å²) in [6.07, 6.45) is -4.74. The molecule has 3 nitrogen and oxygen atoms in total. The monoisotopic (exact) mass is 183 g/mol. The lowest BCUT2D eigenvalue weighted by Crippen LogP contribution is -2.19. The predicted molar refractivity (Wildman–Crippen MR) is 47.9 cm³/mol. The van der Waals surface area contributed by atoms with E-state index in [9.17, 15) is 0 Å². The summed E-state index contributed by atoms with van der Waals surface area (Å²) in [5, 5.41) is 0. The molecule has 0 atom stereocenters. The molecule has 1 aliphatic heterocycles. The van der Waals surface area contributed by atoms with Gasteiger partial charge in [0.1, 0.15) is 1.37 Å². The fraction of sp³-hybridized carbons (Fsp3) is 0.400. The summed E-state index contributed by atoms with van der Waals surface area (Å²) in [6, 6.07) is 0.0815. The van der Waals surface area contributed by atoms with Gasteiger partial charge in [-0.15, -0.1) is 0 Å². The van der Waals surface area contributed by atoms with Crippen LogP contribution in [0.3, 0.4) is 0 Å². The maximum Gasteiger partial charge on any atom is 0.231 e. The number of fused-ring (bicyclic) bond motifs is 2. The van der Waals surface area contributed by atoms with Gasteiger partial charge in [0.25, 0.3) is 0 Å². The van der Waals surface area contributed by atoms with E-state index in [-0.39, 0.29) is 22.6 Å². The van der Waals surface area contributed by atoms with Crippen LogP contribution in [0.5, 0.6) is 11.5 Å². The predicted octanol–water partition coefficient (Wildman–Crippen LogP) is 0.841. The molecule has 2 N–H and O–H groups in total. The van der Waals surface area contributed by atoms with Crippen LogP contribution in [0.4, 0.5) is 0 Å². The molecule has 68 valence electrons. The molecule has 0 saturated heterocycles. The van der Waals surface area contributed by atoms with Crippen molar-refractivity contribution in [1.29, 1.82) is 0 Å². The van der Waals surface area contributed by atoms with Gasteiger partial charge in [0.15, 0.2) is 11.5 Å². The van der Waals surface area contributed by atoms with Gasteiger partial charge in [0.05, 0.1) is 0 Å². The Bertz CT molecular complexity index is 526. The Hall–Kier alpha value is -1.22. The molecule has 1 aromatic rings. The van der Waals surface area contributed by atoms with Crippen molar-refractivity contribution >= 4 is 0 Å². The Morgan fingerprint density at radius 3 is 2.38 bits per heavy atom. The highest BCUT2D eigenvalue weighted by Crippen LogP contribution is 2.37. The lowest BCUT2D eigenvalue weighted by molar-refractivity contribution is 0.174. The van der Waals surface area contributed by atoms with Crippen molar-refractivity contribution in [2.75, 3.05) is 6.77 Å². The Labute approximate surface area is 84.9 Å². The third-order valence-corrected chi connectivity index (χ3v) is 1.97. The molecule has 1 heterocycles. The van der Waals surface area contributed by atoms with Crippen LogP contribution in [0.25, 0.3) is 0 Å². The lowest BCUT2D eigenvalue weighted by Gasteiger charge is -2.00. The SMILES string of the molecule is [2H]C1Oc2cc3c(cc2O1)C([2H])([2H])C([2H])(N)C3([2H])[2H]. The van der Waals surface area contributed by atoms with E-state index in [1.54, 1.807) is 0 Å². The van der Waals surface area contributed by atoms with E-state index >= 15 is 0 Å². The van der Waals surface area contributed by atoms with Crippen molar-refractivity contribution in [3.8, 4) is 11.5 Å². The number of nitrogens with two attached hydrogens (primary N) is 1. The highest BCUT2D eigenvalue weighted by molar-refractivity contribution is 5.50. The van der Waals surface area contributed by atoms with Crippen LogP contribution in [-0.4, -0.2) is 12.8 Å². The molecule has 1 aliphatic carbocycles. The smallest absolute Gasteiger partial charge is 0.231 e. The van der Waals surface area contributed by atoms with E-state index in [1.165, 1.54) is 12.1 Å². The van der Waals surface area contributed by atoms with Gasteiger partial charge in [-0.3, -0.25) is 0 Å². The van der Waals surface area contributed by atoms with Crippen LogP contribution in [0.15, 0.2) is 12.1 Å². The zero-order chi connectivity index (χ0) is 14.2. The Morgan fingerprint density at radius 2 is 1.85 bits per heavy atom. The maximum absolute atomic E-state index is 7.91. The van der Waals surface area contributed by atoms with Crippen LogP contribution < -0.4 is 15.2 Å². The second kappa shape index (κ2) is 2.39. The Balaban J connectivity index is 2.26. The molecule has 1 aromatic carbocycles. The minimum atomic E-state index is -2.45. The van der Waals surface area contributed by atoms with Gasteiger partial charge in [0, 0.05) is 12.9 Å². The van der Waals surface area contributed by atoms with Crippen molar-refractivity contribution in [2.45, 2.75) is 18.8 Å². The van der Waals surface area contributed by atoms with Crippen LogP contribution in [-0.2, 0) is 12.7 Å². The number of hydrogen-bond donors (Lipinski definition) is 1. The molecule has 13 heavy (non-hydrogen) atoms. The molecule has 3 heteroatoms. The normalized spacial score (nSPS) is 37.6. The number of rotatable bonds is 0. The quantitative estimate of drug-likeness (QED) is 0.648. The first-order chi connectivity index (χ1) is 8.59.